The van der Waals surface area contributed by atoms with Crippen LogP contribution in [0.25, 0.3) is 0 Å². The summed E-state index contributed by atoms with van der Waals surface area (Å²) < 4.78 is 5.45. The molecule has 0 bridgehead atoms. The lowest BCUT2D eigenvalue weighted by atomic mass is 10.3. The molecule has 0 unspecified atom stereocenters. The Morgan fingerprint density at radius 1 is 1.43 bits per heavy atom. The Kier molecular flexibility index (Phi) is 5.56. The number of H-pyrrole nitrogens is 1. The van der Waals surface area contributed by atoms with Crippen LogP contribution in [0.5, 0.6) is 5.75 Å². The molecule has 1 heterocycles. The number of hydrogen-bond acceptors (Lipinski definition) is 6. The summed E-state index contributed by atoms with van der Waals surface area (Å²) in [5.41, 5.74) is -0.0226. The van der Waals surface area contributed by atoms with Gasteiger partial charge in [0.05, 0.1) is 11.5 Å². The number of ether oxygens (including phenoxy) is 1. The molecule has 0 amide bonds. The number of rotatable bonds is 8. The first kappa shape index (κ1) is 15.3. The maximum absolute atomic E-state index is 10.8. The Morgan fingerprint density at radius 3 is 3.00 bits per heavy atom. The number of benzene rings is 1. The van der Waals surface area contributed by atoms with Gasteiger partial charge in [0.15, 0.2) is 5.75 Å². The second kappa shape index (κ2) is 7.63. The number of nitrogens with one attached hydrogen (secondary N) is 1. The van der Waals surface area contributed by atoms with Gasteiger partial charge in [0, 0.05) is 18.2 Å². The molecular weight excluding hydrogens is 292 g/mol. The first-order valence-electron chi connectivity index (χ1n) is 6.61. The third kappa shape index (κ3) is 4.45. The molecular formula is C13H16N4O3S. The summed E-state index contributed by atoms with van der Waals surface area (Å²) in [6.07, 6.45) is 1.89. The van der Waals surface area contributed by atoms with Crippen molar-refractivity contribution in [2.45, 2.75) is 24.9 Å². The number of nitro groups is 1. The number of aryl methyl sites for hydroxylation is 1. The molecule has 7 nitrogen and oxygen atoms in total. The lowest BCUT2D eigenvalue weighted by Crippen LogP contribution is -2.02. The molecule has 0 aliphatic carbocycles. The van der Waals surface area contributed by atoms with E-state index in [-0.39, 0.29) is 11.4 Å². The fourth-order valence-corrected chi connectivity index (χ4v) is 2.34. The van der Waals surface area contributed by atoms with Crippen LogP contribution < -0.4 is 4.74 Å². The van der Waals surface area contributed by atoms with Crippen LogP contribution in [0, 0.1) is 10.1 Å². The molecule has 21 heavy (non-hydrogen) atoms. The van der Waals surface area contributed by atoms with Gasteiger partial charge in [0.2, 0.25) is 5.16 Å². The number of thioether (sulfide) groups is 1. The van der Waals surface area contributed by atoms with E-state index in [1.165, 1.54) is 17.8 Å². The van der Waals surface area contributed by atoms with Gasteiger partial charge in [-0.1, -0.05) is 30.8 Å². The Balaban J connectivity index is 1.80. The first-order chi connectivity index (χ1) is 10.2. The zero-order valence-electron chi connectivity index (χ0n) is 11.6. The van der Waals surface area contributed by atoms with Gasteiger partial charge in [-0.3, -0.25) is 15.2 Å². The summed E-state index contributed by atoms with van der Waals surface area (Å²) in [6.45, 7) is 2.43. The van der Waals surface area contributed by atoms with Crippen molar-refractivity contribution in [2.75, 3.05) is 12.4 Å². The lowest BCUT2D eigenvalue weighted by Gasteiger charge is -2.05. The van der Waals surface area contributed by atoms with Gasteiger partial charge >= 0.3 is 5.69 Å². The molecule has 0 aliphatic rings. The van der Waals surface area contributed by atoms with Crippen molar-refractivity contribution in [3.63, 3.8) is 0 Å². The van der Waals surface area contributed by atoms with Gasteiger partial charge in [-0.15, -0.1) is 5.10 Å². The van der Waals surface area contributed by atoms with Crippen molar-refractivity contribution in [1.29, 1.82) is 0 Å². The van der Waals surface area contributed by atoms with E-state index in [1.807, 2.05) is 0 Å². The summed E-state index contributed by atoms with van der Waals surface area (Å²) >= 11 is 1.45. The average Bonchev–Trinajstić information content (AvgIpc) is 2.92. The number of para-hydroxylation sites is 2. The van der Waals surface area contributed by atoms with Gasteiger partial charge in [-0.05, 0) is 12.5 Å². The molecule has 8 heteroatoms. The van der Waals surface area contributed by atoms with E-state index in [9.17, 15) is 10.1 Å². The molecule has 1 aromatic carbocycles. The number of aromatic nitrogens is 3. The molecule has 0 radical (unpaired) electrons. The summed E-state index contributed by atoms with van der Waals surface area (Å²) in [5, 5.41) is 18.5. The second-order valence-corrected chi connectivity index (χ2v) is 5.30. The van der Waals surface area contributed by atoms with Crippen molar-refractivity contribution >= 4 is 17.4 Å². The van der Waals surface area contributed by atoms with Crippen LogP contribution in [0.3, 0.4) is 0 Å². The standard InChI is InChI=1S/C13H16N4O3S/c1-2-5-12-14-13(16-15-12)21-9-8-20-11-7-4-3-6-10(11)17(18)19/h3-4,6-7H,2,5,8-9H2,1H3,(H,14,15,16). The average molecular weight is 308 g/mol. The van der Waals surface area contributed by atoms with Crippen LogP contribution in [0.4, 0.5) is 5.69 Å². The van der Waals surface area contributed by atoms with Crippen molar-refractivity contribution < 1.29 is 9.66 Å². The van der Waals surface area contributed by atoms with Gasteiger partial charge < -0.3 is 4.74 Å². The molecule has 2 aromatic rings. The highest BCUT2D eigenvalue weighted by Gasteiger charge is 2.13. The molecule has 0 atom stereocenters. The molecule has 0 aliphatic heterocycles. The largest absolute Gasteiger partial charge is 0.486 e. The predicted molar refractivity (Wildman–Crippen MR) is 79.7 cm³/mol. The number of aromatic amines is 1. The van der Waals surface area contributed by atoms with Crippen molar-refractivity contribution in [3.8, 4) is 5.75 Å². The SMILES string of the molecule is CCCc1nc(SCCOc2ccccc2[N+](=O)[O-])n[nH]1. The number of nitrogens with zero attached hydrogens (tertiary/aromatic N) is 3. The highest BCUT2D eigenvalue weighted by Crippen LogP contribution is 2.26. The zero-order valence-corrected chi connectivity index (χ0v) is 12.4. The van der Waals surface area contributed by atoms with Gasteiger partial charge in [-0.2, -0.15) is 0 Å². The van der Waals surface area contributed by atoms with Crippen molar-refractivity contribution in [3.05, 3.63) is 40.2 Å². The van der Waals surface area contributed by atoms with Crippen LogP contribution in [0.2, 0.25) is 0 Å². The fraction of sp³-hybridized carbons (Fsp3) is 0.385. The van der Waals surface area contributed by atoms with Crippen LogP contribution in [-0.4, -0.2) is 32.5 Å². The van der Waals surface area contributed by atoms with Crippen molar-refractivity contribution in [1.82, 2.24) is 15.2 Å². The third-order valence-corrected chi connectivity index (χ3v) is 3.44. The van der Waals surface area contributed by atoms with Crippen LogP contribution in [0.1, 0.15) is 19.2 Å². The lowest BCUT2D eigenvalue weighted by molar-refractivity contribution is -0.385. The maximum Gasteiger partial charge on any atom is 0.310 e. The first-order valence-corrected chi connectivity index (χ1v) is 7.59. The molecule has 0 fully saturated rings. The van der Waals surface area contributed by atoms with E-state index in [2.05, 4.69) is 22.1 Å². The minimum atomic E-state index is -0.450. The van der Waals surface area contributed by atoms with E-state index in [4.69, 9.17) is 4.74 Å². The fourth-order valence-electron chi connectivity index (χ4n) is 1.71. The van der Waals surface area contributed by atoms with E-state index >= 15 is 0 Å². The van der Waals surface area contributed by atoms with Gasteiger partial charge in [-0.25, -0.2) is 4.98 Å². The second-order valence-electron chi connectivity index (χ2n) is 4.24. The normalized spacial score (nSPS) is 10.5. The van der Waals surface area contributed by atoms with E-state index in [0.29, 0.717) is 17.5 Å². The number of hydrogen-bond donors (Lipinski definition) is 1. The van der Waals surface area contributed by atoms with Crippen LogP contribution >= 0.6 is 11.8 Å². The minimum absolute atomic E-state index is 0.0226. The summed E-state index contributed by atoms with van der Waals surface area (Å²) in [5.74, 6) is 1.78. The minimum Gasteiger partial charge on any atom is -0.486 e. The van der Waals surface area contributed by atoms with Gasteiger partial charge in [0.25, 0.3) is 0 Å². The molecule has 112 valence electrons. The zero-order chi connectivity index (χ0) is 15.1. The Labute approximate surface area is 126 Å². The Morgan fingerprint density at radius 2 is 2.24 bits per heavy atom. The van der Waals surface area contributed by atoms with E-state index < -0.39 is 4.92 Å². The molecule has 1 N–H and O–H groups in total. The molecule has 0 saturated carbocycles. The summed E-state index contributed by atoms with van der Waals surface area (Å²) in [6, 6.07) is 6.34. The summed E-state index contributed by atoms with van der Waals surface area (Å²) in [7, 11) is 0. The summed E-state index contributed by atoms with van der Waals surface area (Å²) in [4.78, 5) is 14.7. The van der Waals surface area contributed by atoms with Crippen molar-refractivity contribution in [2.24, 2.45) is 0 Å². The maximum atomic E-state index is 10.8. The molecule has 0 saturated heterocycles. The molecule has 1 aromatic heterocycles. The topological polar surface area (TPSA) is 93.9 Å². The molecule has 2 rings (SSSR count). The predicted octanol–water partition coefficient (Wildman–Crippen LogP) is 2.84. The van der Waals surface area contributed by atoms with Crippen LogP contribution in [0.15, 0.2) is 29.4 Å². The van der Waals surface area contributed by atoms with Crippen LogP contribution in [-0.2, 0) is 6.42 Å². The van der Waals surface area contributed by atoms with E-state index in [1.54, 1.807) is 18.2 Å². The monoisotopic (exact) mass is 308 g/mol. The quantitative estimate of drug-likeness (QED) is 0.349. The smallest absolute Gasteiger partial charge is 0.310 e. The Hall–Kier alpha value is -2.09. The highest BCUT2D eigenvalue weighted by molar-refractivity contribution is 7.99. The third-order valence-electron chi connectivity index (χ3n) is 2.63. The Bertz CT molecular complexity index is 603. The number of nitro benzene ring substituents is 1. The van der Waals surface area contributed by atoms with Gasteiger partial charge in [0.1, 0.15) is 5.82 Å². The van der Waals surface area contributed by atoms with E-state index in [0.717, 1.165) is 18.7 Å². The molecule has 0 spiro atoms. The highest BCUT2D eigenvalue weighted by atomic mass is 32.2.